The first-order valence-corrected chi connectivity index (χ1v) is 9.81. The molecule has 26 heavy (non-hydrogen) atoms. The van der Waals surface area contributed by atoms with E-state index in [4.69, 9.17) is 4.74 Å². The molecule has 0 bridgehead atoms. The molecule has 2 heterocycles. The Hall–Kier alpha value is -2.24. The lowest BCUT2D eigenvalue weighted by atomic mass is 10.1. The van der Waals surface area contributed by atoms with Crippen LogP contribution in [-0.4, -0.2) is 56.1 Å². The molecule has 2 aliphatic rings. The molecule has 0 aromatic heterocycles. The number of carbonyl (C=O) groups is 1. The summed E-state index contributed by atoms with van der Waals surface area (Å²) in [6.07, 6.45) is 5.36. The van der Waals surface area contributed by atoms with Crippen LogP contribution in [0.15, 0.2) is 23.2 Å². The van der Waals surface area contributed by atoms with Crippen LogP contribution >= 0.6 is 0 Å². The molecule has 2 aliphatic heterocycles. The second-order valence-corrected chi connectivity index (χ2v) is 6.85. The van der Waals surface area contributed by atoms with Crippen molar-refractivity contribution in [1.82, 2.24) is 15.5 Å². The number of amides is 1. The van der Waals surface area contributed by atoms with Crippen LogP contribution in [0.2, 0.25) is 0 Å². The second kappa shape index (κ2) is 9.46. The number of nitrogens with zero attached hydrogens (tertiary/aromatic N) is 2. The summed E-state index contributed by atoms with van der Waals surface area (Å²) in [4.78, 5) is 18.7. The molecule has 1 aromatic carbocycles. The first-order valence-electron chi connectivity index (χ1n) is 9.81. The maximum atomic E-state index is 12.3. The number of benzene rings is 1. The molecular weight excluding hydrogens is 328 g/mol. The molecule has 0 aliphatic carbocycles. The monoisotopic (exact) mass is 358 g/mol. The Labute approximate surface area is 156 Å². The van der Waals surface area contributed by atoms with E-state index < -0.39 is 0 Å². The third-order valence-corrected chi connectivity index (χ3v) is 4.89. The van der Waals surface area contributed by atoms with Gasteiger partial charge < -0.3 is 20.3 Å². The zero-order valence-electron chi connectivity index (χ0n) is 15.7. The van der Waals surface area contributed by atoms with Gasteiger partial charge in [-0.15, -0.1) is 0 Å². The van der Waals surface area contributed by atoms with Gasteiger partial charge in [0, 0.05) is 32.6 Å². The number of piperidine rings is 1. The Morgan fingerprint density at radius 2 is 2.08 bits per heavy atom. The highest BCUT2D eigenvalue weighted by Crippen LogP contribution is 2.25. The molecule has 2 N–H and O–H groups in total. The molecule has 0 saturated carbocycles. The van der Waals surface area contributed by atoms with Crippen LogP contribution in [-0.2, 0) is 17.6 Å². The fourth-order valence-electron chi connectivity index (χ4n) is 3.45. The van der Waals surface area contributed by atoms with E-state index in [0.29, 0.717) is 5.96 Å². The van der Waals surface area contributed by atoms with E-state index >= 15 is 0 Å². The topological polar surface area (TPSA) is 66.0 Å². The van der Waals surface area contributed by atoms with Crippen molar-refractivity contribution in [3.8, 4) is 5.75 Å². The Morgan fingerprint density at radius 1 is 1.23 bits per heavy atom. The largest absolute Gasteiger partial charge is 0.493 e. The van der Waals surface area contributed by atoms with Crippen LogP contribution in [0.3, 0.4) is 0 Å². The maximum Gasteiger partial charge on any atom is 0.244 e. The minimum Gasteiger partial charge on any atom is -0.493 e. The van der Waals surface area contributed by atoms with Gasteiger partial charge in [0.2, 0.25) is 5.91 Å². The van der Waals surface area contributed by atoms with Crippen LogP contribution in [0, 0.1) is 0 Å². The molecule has 0 radical (unpaired) electrons. The number of hydrogen-bond acceptors (Lipinski definition) is 3. The summed E-state index contributed by atoms with van der Waals surface area (Å²) >= 11 is 0. The molecule has 6 heteroatoms. The first kappa shape index (κ1) is 18.5. The lowest BCUT2D eigenvalue weighted by molar-refractivity contribution is -0.130. The van der Waals surface area contributed by atoms with Gasteiger partial charge in [-0.1, -0.05) is 12.1 Å². The fourth-order valence-corrected chi connectivity index (χ4v) is 3.45. The predicted molar refractivity (Wildman–Crippen MR) is 104 cm³/mol. The molecule has 3 rings (SSSR count). The second-order valence-electron chi connectivity index (χ2n) is 6.85. The highest BCUT2D eigenvalue weighted by molar-refractivity contribution is 5.85. The predicted octanol–water partition coefficient (Wildman–Crippen LogP) is 1.73. The zero-order chi connectivity index (χ0) is 18.2. The highest BCUT2D eigenvalue weighted by Gasteiger charge is 2.16. The zero-order valence-corrected chi connectivity index (χ0v) is 15.7. The quantitative estimate of drug-likeness (QED) is 0.600. The van der Waals surface area contributed by atoms with Gasteiger partial charge in [0.15, 0.2) is 5.96 Å². The van der Waals surface area contributed by atoms with E-state index in [9.17, 15) is 4.79 Å². The number of guanidine groups is 1. The van der Waals surface area contributed by atoms with Gasteiger partial charge in [0.1, 0.15) is 12.3 Å². The summed E-state index contributed by atoms with van der Waals surface area (Å²) in [5.74, 6) is 1.86. The number of aliphatic imine (C=N–C) groups is 1. The lowest BCUT2D eigenvalue weighted by Crippen LogP contribution is -2.41. The van der Waals surface area contributed by atoms with Gasteiger partial charge in [-0.3, -0.25) is 4.79 Å². The van der Waals surface area contributed by atoms with Crippen LogP contribution in [0.1, 0.15) is 37.3 Å². The van der Waals surface area contributed by atoms with Crippen LogP contribution < -0.4 is 15.4 Å². The fraction of sp³-hybridized carbons (Fsp3) is 0.600. The molecule has 0 spiro atoms. The average Bonchev–Trinajstić information content (AvgIpc) is 3.14. The number of rotatable bonds is 6. The summed E-state index contributed by atoms with van der Waals surface area (Å²) in [6, 6.07) is 6.41. The molecule has 142 valence electrons. The standard InChI is InChI=1S/C20H30N4O2/c1-2-21-20(23-15-19(25)24-11-4-3-5-12-24)22-10-8-16-6-7-18-17(14-16)9-13-26-18/h6-7,14H,2-5,8-13,15H2,1H3,(H2,21,22,23). The molecule has 1 amide bonds. The van der Waals surface area contributed by atoms with Gasteiger partial charge in [0.05, 0.1) is 6.61 Å². The van der Waals surface area contributed by atoms with E-state index in [1.165, 1.54) is 17.5 Å². The lowest BCUT2D eigenvalue weighted by Gasteiger charge is -2.26. The van der Waals surface area contributed by atoms with Gasteiger partial charge in [-0.25, -0.2) is 4.99 Å². The smallest absolute Gasteiger partial charge is 0.244 e. The van der Waals surface area contributed by atoms with Gasteiger partial charge in [-0.2, -0.15) is 0 Å². The minimum atomic E-state index is 0.125. The normalized spacial score (nSPS) is 16.8. The molecule has 6 nitrogen and oxygen atoms in total. The third kappa shape index (κ3) is 5.13. The summed E-state index contributed by atoms with van der Waals surface area (Å²) in [5.41, 5.74) is 2.59. The summed E-state index contributed by atoms with van der Waals surface area (Å²) in [7, 11) is 0. The molecule has 1 fully saturated rings. The molecular formula is C20H30N4O2. The molecule has 0 unspecified atom stereocenters. The van der Waals surface area contributed by atoms with Crippen molar-refractivity contribution < 1.29 is 9.53 Å². The third-order valence-electron chi connectivity index (χ3n) is 4.89. The summed E-state index contributed by atoms with van der Waals surface area (Å²) in [5, 5.41) is 6.55. The number of likely N-dealkylation sites (tertiary alicyclic amines) is 1. The Balaban J connectivity index is 1.47. The van der Waals surface area contributed by atoms with Gasteiger partial charge in [-0.05, 0) is 49.8 Å². The minimum absolute atomic E-state index is 0.125. The molecule has 0 atom stereocenters. The summed E-state index contributed by atoms with van der Waals surface area (Å²) < 4.78 is 5.55. The van der Waals surface area contributed by atoms with E-state index in [1.807, 2.05) is 11.8 Å². The Morgan fingerprint density at radius 3 is 2.88 bits per heavy atom. The van der Waals surface area contributed by atoms with Crippen LogP contribution in [0.4, 0.5) is 0 Å². The van der Waals surface area contributed by atoms with Crippen molar-refractivity contribution in [2.45, 2.75) is 39.0 Å². The first-order chi connectivity index (χ1) is 12.8. The van der Waals surface area contributed by atoms with E-state index in [-0.39, 0.29) is 12.5 Å². The highest BCUT2D eigenvalue weighted by atomic mass is 16.5. The average molecular weight is 358 g/mol. The van der Waals surface area contributed by atoms with E-state index in [0.717, 1.165) is 64.2 Å². The number of fused-ring (bicyclic) bond motifs is 1. The van der Waals surface area contributed by atoms with Crippen molar-refractivity contribution >= 4 is 11.9 Å². The Kier molecular flexibility index (Phi) is 6.75. The molecule has 1 aromatic rings. The number of carbonyl (C=O) groups excluding carboxylic acids is 1. The number of nitrogens with one attached hydrogen (secondary N) is 2. The molecule has 1 saturated heterocycles. The summed E-state index contributed by atoms with van der Waals surface area (Å²) in [6.45, 7) is 6.35. The van der Waals surface area contributed by atoms with Gasteiger partial charge >= 0.3 is 0 Å². The van der Waals surface area contributed by atoms with Crippen molar-refractivity contribution in [3.63, 3.8) is 0 Å². The van der Waals surface area contributed by atoms with Crippen molar-refractivity contribution in [2.75, 3.05) is 39.3 Å². The van der Waals surface area contributed by atoms with Crippen molar-refractivity contribution in [1.29, 1.82) is 0 Å². The van der Waals surface area contributed by atoms with E-state index in [1.54, 1.807) is 0 Å². The Bertz CT molecular complexity index is 639. The van der Waals surface area contributed by atoms with Crippen LogP contribution in [0.25, 0.3) is 0 Å². The number of ether oxygens (including phenoxy) is 1. The van der Waals surface area contributed by atoms with Crippen molar-refractivity contribution in [2.24, 2.45) is 4.99 Å². The number of hydrogen-bond donors (Lipinski definition) is 2. The maximum absolute atomic E-state index is 12.3. The van der Waals surface area contributed by atoms with E-state index in [2.05, 4.69) is 33.8 Å². The van der Waals surface area contributed by atoms with Crippen molar-refractivity contribution in [3.05, 3.63) is 29.3 Å². The van der Waals surface area contributed by atoms with Gasteiger partial charge in [0.25, 0.3) is 0 Å². The SMILES string of the molecule is CCNC(=NCC(=O)N1CCCCC1)NCCc1ccc2c(c1)CCO2. The van der Waals surface area contributed by atoms with Crippen LogP contribution in [0.5, 0.6) is 5.75 Å².